The van der Waals surface area contributed by atoms with Crippen molar-refractivity contribution in [2.75, 3.05) is 0 Å². The second-order valence-electron chi connectivity index (χ2n) is 3.60. The van der Waals surface area contributed by atoms with E-state index in [9.17, 15) is 0 Å². The van der Waals surface area contributed by atoms with Gasteiger partial charge in [-0.25, -0.2) is 0 Å². The fourth-order valence-electron chi connectivity index (χ4n) is 1.70. The molecule has 0 atom stereocenters. The molecule has 2 heterocycles. The van der Waals surface area contributed by atoms with Gasteiger partial charge in [0.1, 0.15) is 0 Å². The summed E-state index contributed by atoms with van der Waals surface area (Å²) in [4.78, 5) is 4.59. The largest absolute Gasteiger partial charge is 0.354 e. The highest BCUT2D eigenvalue weighted by Gasteiger charge is 2.05. The van der Waals surface area contributed by atoms with Crippen LogP contribution in [0.5, 0.6) is 0 Å². The third-order valence-electron chi connectivity index (χ3n) is 2.42. The highest BCUT2D eigenvalue weighted by atomic mass is 32.1. The van der Waals surface area contributed by atoms with Crippen LogP contribution in [0.2, 0.25) is 0 Å². The lowest BCUT2D eigenvalue weighted by Gasteiger charge is -1.87. The molecule has 3 aromatic rings. The number of rotatable bonds is 1. The number of aromatic amines is 1. The fourth-order valence-corrected chi connectivity index (χ4v) is 2.42. The van der Waals surface area contributed by atoms with Gasteiger partial charge in [-0.15, -0.1) is 0 Å². The van der Waals surface area contributed by atoms with E-state index in [1.165, 1.54) is 27.3 Å². The minimum atomic E-state index is 1.08. The summed E-state index contributed by atoms with van der Waals surface area (Å²) in [5.74, 6) is 0. The lowest BCUT2D eigenvalue weighted by molar-refractivity contribution is 1.34. The summed E-state index contributed by atoms with van der Waals surface area (Å²) < 4.78 is 4.28. The predicted octanol–water partition coefficient (Wildman–Crippen LogP) is 3.60. The van der Waals surface area contributed by atoms with E-state index >= 15 is 0 Å². The maximum atomic E-state index is 4.28. The van der Waals surface area contributed by atoms with Gasteiger partial charge in [0, 0.05) is 10.9 Å². The molecule has 1 N–H and O–H groups in total. The van der Waals surface area contributed by atoms with Crippen LogP contribution < -0.4 is 0 Å². The van der Waals surface area contributed by atoms with Gasteiger partial charge < -0.3 is 4.98 Å². The molecule has 0 radical (unpaired) electrons. The molecule has 2 aromatic heterocycles. The monoisotopic (exact) mass is 214 g/mol. The van der Waals surface area contributed by atoms with E-state index in [2.05, 4.69) is 39.7 Å². The van der Waals surface area contributed by atoms with Gasteiger partial charge in [-0.3, -0.25) is 0 Å². The van der Waals surface area contributed by atoms with Crippen molar-refractivity contribution in [1.29, 1.82) is 0 Å². The van der Waals surface area contributed by atoms with Crippen molar-refractivity contribution < 1.29 is 0 Å². The third kappa shape index (κ3) is 1.45. The summed E-state index contributed by atoms with van der Waals surface area (Å²) in [5, 5.41) is 1.25. The Kier molecular flexibility index (Phi) is 1.86. The molecule has 3 heteroatoms. The van der Waals surface area contributed by atoms with E-state index in [0.29, 0.717) is 0 Å². The summed E-state index contributed by atoms with van der Waals surface area (Å²) in [7, 11) is 0. The third-order valence-corrected chi connectivity index (χ3v) is 3.34. The number of H-pyrrole nitrogens is 1. The molecule has 2 nitrogen and oxygen atoms in total. The molecule has 0 aliphatic rings. The molecule has 0 saturated carbocycles. The van der Waals surface area contributed by atoms with E-state index in [-0.39, 0.29) is 0 Å². The molecule has 0 saturated heterocycles. The van der Waals surface area contributed by atoms with Crippen molar-refractivity contribution in [3.8, 4) is 10.6 Å². The molecule has 0 aliphatic carbocycles. The molecule has 0 amide bonds. The lowest BCUT2D eigenvalue weighted by atomic mass is 10.2. The van der Waals surface area contributed by atoms with Crippen LogP contribution in [0.25, 0.3) is 21.5 Å². The predicted molar refractivity (Wildman–Crippen MR) is 64.1 cm³/mol. The Morgan fingerprint density at radius 2 is 2.07 bits per heavy atom. The number of aryl methyl sites for hydroxylation is 1. The topological polar surface area (TPSA) is 28.7 Å². The van der Waals surface area contributed by atoms with Gasteiger partial charge in [0.25, 0.3) is 0 Å². The van der Waals surface area contributed by atoms with E-state index < -0.39 is 0 Å². The summed E-state index contributed by atoms with van der Waals surface area (Å²) in [6, 6.07) is 12.6. The number of para-hydroxylation sites is 1. The maximum Gasteiger partial charge on any atom is 0.0715 e. The zero-order chi connectivity index (χ0) is 10.3. The van der Waals surface area contributed by atoms with Gasteiger partial charge in [0.2, 0.25) is 0 Å². The van der Waals surface area contributed by atoms with Crippen LogP contribution in [0.15, 0.2) is 36.4 Å². The second-order valence-corrected chi connectivity index (χ2v) is 4.41. The number of benzene rings is 1. The van der Waals surface area contributed by atoms with Crippen LogP contribution in [0.3, 0.4) is 0 Å². The first-order valence-electron chi connectivity index (χ1n) is 4.84. The van der Waals surface area contributed by atoms with Gasteiger partial charge in [0.15, 0.2) is 0 Å². The standard InChI is InChI=1S/C12H10N2S/c1-8-6-12(15-14-8)11-7-9-4-2-3-5-10(9)13-11/h2-7,13H,1H3. The summed E-state index contributed by atoms with van der Waals surface area (Å²) in [6.07, 6.45) is 0. The Hall–Kier alpha value is -1.61. The minimum Gasteiger partial charge on any atom is -0.354 e. The zero-order valence-corrected chi connectivity index (χ0v) is 9.14. The number of nitrogens with zero attached hydrogens (tertiary/aromatic N) is 1. The van der Waals surface area contributed by atoms with Gasteiger partial charge in [-0.2, -0.15) is 4.37 Å². The Balaban J connectivity index is 2.19. The molecule has 74 valence electrons. The van der Waals surface area contributed by atoms with E-state index in [4.69, 9.17) is 0 Å². The first kappa shape index (κ1) is 8.68. The van der Waals surface area contributed by atoms with Gasteiger partial charge in [-0.1, -0.05) is 18.2 Å². The second kappa shape index (κ2) is 3.21. The normalized spacial score (nSPS) is 11.0. The number of fused-ring (bicyclic) bond motifs is 1. The number of hydrogen-bond acceptors (Lipinski definition) is 2. The van der Waals surface area contributed by atoms with Crippen molar-refractivity contribution in [3.05, 3.63) is 42.1 Å². The molecule has 1 aromatic carbocycles. The fraction of sp³-hybridized carbons (Fsp3) is 0.0833. The first-order valence-corrected chi connectivity index (χ1v) is 5.62. The number of hydrogen-bond donors (Lipinski definition) is 1. The van der Waals surface area contributed by atoms with Crippen molar-refractivity contribution in [2.45, 2.75) is 6.92 Å². The van der Waals surface area contributed by atoms with Crippen LogP contribution in [0, 0.1) is 6.92 Å². The average Bonchev–Trinajstić information content (AvgIpc) is 2.82. The SMILES string of the molecule is Cc1cc(-c2cc3ccccc3[nH]2)sn1. The van der Waals surface area contributed by atoms with Gasteiger partial charge in [0.05, 0.1) is 16.3 Å². The van der Waals surface area contributed by atoms with Crippen LogP contribution in [-0.2, 0) is 0 Å². The number of aromatic nitrogens is 2. The molecule has 0 unspecified atom stereocenters. The first-order chi connectivity index (χ1) is 7.33. The van der Waals surface area contributed by atoms with Crippen molar-refractivity contribution in [1.82, 2.24) is 9.36 Å². The maximum absolute atomic E-state index is 4.28. The van der Waals surface area contributed by atoms with E-state index in [0.717, 1.165) is 11.4 Å². The van der Waals surface area contributed by atoms with Crippen molar-refractivity contribution >= 4 is 22.4 Å². The van der Waals surface area contributed by atoms with Crippen LogP contribution in [0.4, 0.5) is 0 Å². The average molecular weight is 214 g/mol. The molecule has 0 fully saturated rings. The molecule has 0 bridgehead atoms. The molecular weight excluding hydrogens is 204 g/mol. The molecular formula is C12H10N2S. The number of nitrogens with one attached hydrogen (secondary N) is 1. The molecule has 0 spiro atoms. The Morgan fingerprint density at radius 3 is 2.80 bits per heavy atom. The van der Waals surface area contributed by atoms with Crippen LogP contribution >= 0.6 is 11.5 Å². The Bertz CT molecular complexity index is 574. The summed E-state index contributed by atoms with van der Waals surface area (Å²) in [6.45, 7) is 2.02. The van der Waals surface area contributed by atoms with E-state index in [1.807, 2.05) is 13.0 Å². The quantitative estimate of drug-likeness (QED) is 0.658. The van der Waals surface area contributed by atoms with E-state index in [1.54, 1.807) is 0 Å². The minimum absolute atomic E-state index is 1.08. The van der Waals surface area contributed by atoms with Crippen molar-refractivity contribution in [2.24, 2.45) is 0 Å². The van der Waals surface area contributed by atoms with Gasteiger partial charge >= 0.3 is 0 Å². The highest BCUT2D eigenvalue weighted by Crippen LogP contribution is 2.27. The Morgan fingerprint density at radius 1 is 1.20 bits per heavy atom. The summed E-state index contributed by atoms with van der Waals surface area (Å²) >= 11 is 1.54. The van der Waals surface area contributed by atoms with Gasteiger partial charge in [-0.05, 0) is 36.7 Å². The molecule has 0 aliphatic heterocycles. The highest BCUT2D eigenvalue weighted by molar-refractivity contribution is 7.09. The van der Waals surface area contributed by atoms with Crippen molar-refractivity contribution in [3.63, 3.8) is 0 Å². The molecule has 15 heavy (non-hydrogen) atoms. The Labute approximate surface area is 91.7 Å². The van der Waals surface area contributed by atoms with Crippen LogP contribution in [-0.4, -0.2) is 9.36 Å². The smallest absolute Gasteiger partial charge is 0.0715 e. The lowest BCUT2D eigenvalue weighted by Crippen LogP contribution is -1.69. The summed E-state index contributed by atoms with van der Waals surface area (Å²) in [5.41, 5.74) is 3.41. The molecule has 3 rings (SSSR count). The van der Waals surface area contributed by atoms with Crippen LogP contribution in [0.1, 0.15) is 5.69 Å². The zero-order valence-electron chi connectivity index (χ0n) is 8.32.